The van der Waals surface area contributed by atoms with E-state index in [0.29, 0.717) is 37.2 Å². The third-order valence-corrected chi connectivity index (χ3v) is 5.57. The van der Waals surface area contributed by atoms with Crippen LogP contribution in [0.15, 0.2) is 84.9 Å². The lowest BCUT2D eigenvalue weighted by molar-refractivity contribution is -0.137. The number of hydrogen-bond acceptors (Lipinski definition) is 4. The fourth-order valence-corrected chi connectivity index (χ4v) is 3.65. The number of carboxylic acid groups (broad SMARTS) is 2. The molecular formula is C29H28O6. The number of hydrogen-bond donors (Lipinski definition) is 2. The number of allylic oxidation sites excluding steroid dienone is 1. The number of Topliss-reactive ketones (excluding diaryl/α,β-unsaturated/α-hetero) is 1. The first-order valence-electron chi connectivity index (χ1n) is 11.5. The molecule has 180 valence electrons. The van der Waals surface area contributed by atoms with Crippen molar-refractivity contribution in [1.82, 2.24) is 0 Å². The van der Waals surface area contributed by atoms with Crippen molar-refractivity contribution in [3.63, 3.8) is 0 Å². The Balaban J connectivity index is 1.77. The molecule has 35 heavy (non-hydrogen) atoms. The standard InChI is InChI=1S/C29H28O6/c30-27(31)13-7-5-11-23(28(32)24-16-18-25(19-17-24)29(33)34)15-14-22-10-4-6-12-26(22)35-20-21-8-2-1-3-9-21/h1-4,6,8-10,12,14-19,23H,5,7,11,13,20H2,(H,30,31)(H,33,34)/b15-14+. The van der Waals surface area contributed by atoms with Gasteiger partial charge in [-0.25, -0.2) is 4.79 Å². The lowest BCUT2D eigenvalue weighted by Crippen LogP contribution is -2.13. The molecule has 1 unspecified atom stereocenters. The van der Waals surface area contributed by atoms with Crippen LogP contribution in [0.1, 0.15) is 57.5 Å². The van der Waals surface area contributed by atoms with Crippen LogP contribution in [-0.2, 0) is 11.4 Å². The number of para-hydroxylation sites is 1. The molecule has 0 fully saturated rings. The topological polar surface area (TPSA) is 101 Å². The Morgan fingerprint density at radius 3 is 2.14 bits per heavy atom. The predicted octanol–water partition coefficient (Wildman–Crippen LogP) is 6.12. The second-order valence-corrected chi connectivity index (χ2v) is 8.16. The molecule has 6 heteroatoms. The molecule has 3 rings (SSSR count). The number of carboxylic acids is 2. The summed E-state index contributed by atoms with van der Waals surface area (Å²) < 4.78 is 6.00. The van der Waals surface area contributed by atoms with Crippen molar-refractivity contribution in [3.8, 4) is 5.75 Å². The van der Waals surface area contributed by atoms with E-state index in [1.54, 1.807) is 0 Å². The van der Waals surface area contributed by atoms with E-state index in [2.05, 4.69) is 0 Å². The molecule has 3 aromatic rings. The quantitative estimate of drug-likeness (QED) is 0.230. The van der Waals surface area contributed by atoms with E-state index in [-0.39, 0.29) is 17.8 Å². The molecular weight excluding hydrogens is 444 g/mol. The molecule has 0 spiro atoms. The molecule has 0 aromatic heterocycles. The number of aromatic carboxylic acids is 1. The molecule has 0 saturated carbocycles. The second-order valence-electron chi connectivity index (χ2n) is 8.16. The van der Waals surface area contributed by atoms with E-state index in [1.165, 1.54) is 24.3 Å². The van der Waals surface area contributed by atoms with Crippen molar-refractivity contribution >= 4 is 23.8 Å². The predicted molar refractivity (Wildman–Crippen MR) is 134 cm³/mol. The lowest BCUT2D eigenvalue weighted by Gasteiger charge is -2.13. The summed E-state index contributed by atoms with van der Waals surface area (Å²) in [4.78, 5) is 35.2. The molecule has 0 saturated heterocycles. The van der Waals surface area contributed by atoms with E-state index < -0.39 is 17.9 Å². The maximum atomic E-state index is 13.2. The van der Waals surface area contributed by atoms with Gasteiger partial charge in [0.25, 0.3) is 0 Å². The summed E-state index contributed by atoms with van der Waals surface area (Å²) in [5.74, 6) is -1.85. The summed E-state index contributed by atoms with van der Waals surface area (Å²) in [6.45, 7) is 0.416. The summed E-state index contributed by atoms with van der Waals surface area (Å²) in [6, 6.07) is 23.2. The highest BCUT2D eigenvalue weighted by atomic mass is 16.5. The van der Waals surface area contributed by atoms with Gasteiger partial charge in [0, 0.05) is 23.5 Å². The van der Waals surface area contributed by atoms with Gasteiger partial charge < -0.3 is 14.9 Å². The van der Waals surface area contributed by atoms with E-state index in [9.17, 15) is 14.4 Å². The average molecular weight is 473 g/mol. The molecule has 0 heterocycles. The Hall–Kier alpha value is -4.19. The zero-order valence-electron chi connectivity index (χ0n) is 19.3. The Morgan fingerprint density at radius 2 is 1.46 bits per heavy atom. The van der Waals surface area contributed by atoms with E-state index in [1.807, 2.05) is 66.7 Å². The minimum Gasteiger partial charge on any atom is -0.488 e. The highest BCUT2D eigenvalue weighted by Gasteiger charge is 2.18. The smallest absolute Gasteiger partial charge is 0.335 e. The van der Waals surface area contributed by atoms with Gasteiger partial charge in [-0.05, 0) is 36.6 Å². The summed E-state index contributed by atoms with van der Waals surface area (Å²) in [6.07, 6.45) is 5.25. The fourth-order valence-electron chi connectivity index (χ4n) is 3.65. The van der Waals surface area contributed by atoms with Crippen molar-refractivity contribution in [2.45, 2.75) is 32.3 Å². The largest absolute Gasteiger partial charge is 0.488 e. The van der Waals surface area contributed by atoms with Crippen LogP contribution in [0.5, 0.6) is 5.75 Å². The van der Waals surface area contributed by atoms with Crippen LogP contribution < -0.4 is 4.74 Å². The van der Waals surface area contributed by atoms with Gasteiger partial charge in [-0.1, -0.05) is 79.2 Å². The second kappa shape index (κ2) is 12.9. The van der Waals surface area contributed by atoms with Gasteiger partial charge in [-0.2, -0.15) is 0 Å². The van der Waals surface area contributed by atoms with E-state index >= 15 is 0 Å². The number of benzene rings is 3. The van der Waals surface area contributed by atoms with Crippen molar-refractivity contribution < 1.29 is 29.3 Å². The summed E-state index contributed by atoms with van der Waals surface area (Å²) in [5, 5.41) is 18.0. The van der Waals surface area contributed by atoms with Crippen molar-refractivity contribution in [1.29, 1.82) is 0 Å². The third-order valence-electron chi connectivity index (χ3n) is 5.57. The van der Waals surface area contributed by atoms with Crippen LogP contribution in [-0.4, -0.2) is 27.9 Å². The molecule has 3 aromatic carbocycles. The van der Waals surface area contributed by atoms with Gasteiger partial charge in [0.1, 0.15) is 12.4 Å². The Kier molecular flexibility index (Phi) is 9.37. The normalized spacial score (nSPS) is 11.8. The highest BCUT2D eigenvalue weighted by molar-refractivity contribution is 6.00. The van der Waals surface area contributed by atoms with E-state index in [0.717, 1.165) is 11.1 Å². The zero-order valence-corrected chi connectivity index (χ0v) is 19.3. The molecule has 6 nitrogen and oxygen atoms in total. The Morgan fingerprint density at radius 1 is 0.800 bits per heavy atom. The summed E-state index contributed by atoms with van der Waals surface area (Å²) >= 11 is 0. The number of ketones is 1. The van der Waals surface area contributed by atoms with Crippen LogP contribution in [0.2, 0.25) is 0 Å². The van der Waals surface area contributed by atoms with E-state index in [4.69, 9.17) is 14.9 Å². The number of carbonyl (C=O) groups is 3. The van der Waals surface area contributed by atoms with Crippen molar-refractivity contribution in [2.75, 3.05) is 0 Å². The van der Waals surface area contributed by atoms with Gasteiger partial charge in [0.2, 0.25) is 0 Å². The first kappa shape index (κ1) is 25.4. The van der Waals surface area contributed by atoms with Gasteiger partial charge in [0.15, 0.2) is 5.78 Å². The van der Waals surface area contributed by atoms with Gasteiger partial charge in [0.05, 0.1) is 5.56 Å². The van der Waals surface area contributed by atoms with Crippen molar-refractivity contribution in [2.24, 2.45) is 5.92 Å². The maximum Gasteiger partial charge on any atom is 0.335 e. The van der Waals surface area contributed by atoms with Crippen LogP contribution in [0.25, 0.3) is 6.08 Å². The number of carbonyl (C=O) groups excluding carboxylic acids is 1. The fraction of sp³-hybridized carbons (Fsp3) is 0.207. The molecule has 2 N–H and O–H groups in total. The monoisotopic (exact) mass is 472 g/mol. The first-order chi connectivity index (χ1) is 16.9. The Bertz CT molecular complexity index is 1170. The highest BCUT2D eigenvalue weighted by Crippen LogP contribution is 2.24. The average Bonchev–Trinajstić information content (AvgIpc) is 2.87. The molecule has 0 aliphatic heterocycles. The molecule has 0 radical (unpaired) electrons. The third kappa shape index (κ3) is 7.96. The zero-order chi connectivity index (χ0) is 25.0. The van der Waals surface area contributed by atoms with Gasteiger partial charge >= 0.3 is 11.9 Å². The minimum atomic E-state index is -1.05. The number of unbranched alkanes of at least 4 members (excludes halogenated alkanes) is 1. The SMILES string of the molecule is O=C(O)CCCCC(/C=C/c1ccccc1OCc1ccccc1)C(=O)c1ccc(C(=O)O)cc1. The maximum absolute atomic E-state index is 13.2. The summed E-state index contributed by atoms with van der Waals surface area (Å²) in [5.41, 5.74) is 2.40. The molecule has 0 aliphatic carbocycles. The molecule has 1 atom stereocenters. The van der Waals surface area contributed by atoms with Crippen LogP contribution in [0, 0.1) is 5.92 Å². The Labute approximate surface area is 204 Å². The first-order valence-corrected chi connectivity index (χ1v) is 11.5. The lowest BCUT2D eigenvalue weighted by atomic mass is 9.91. The van der Waals surface area contributed by atoms with Crippen molar-refractivity contribution in [3.05, 3.63) is 107 Å². The molecule has 0 aliphatic rings. The molecule has 0 bridgehead atoms. The summed E-state index contributed by atoms with van der Waals surface area (Å²) in [7, 11) is 0. The van der Waals surface area contributed by atoms with Crippen LogP contribution in [0.4, 0.5) is 0 Å². The van der Waals surface area contributed by atoms with Crippen LogP contribution >= 0.6 is 0 Å². The number of aliphatic carboxylic acids is 1. The minimum absolute atomic E-state index is 0.0497. The number of ether oxygens (including phenoxy) is 1. The van der Waals surface area contributed by atoms with Gasteiger partial charge in [-0.3, -0.25) is 9.59 Å². The number of rotatable bonds is 13. The van der Waals surface area contributed by atoms with Gasteiger partial charge in [-0.15, -0.1) is 0 Å². The van der Waals surface area contributed by atoms with Crippen LogP contribution in [0.3, 0.4) is 0 Å². The molecule has 0 amide bonds.